The quantitative estimate of drug-likeness (QED) is 0.713. The molecule has 0 radical (unpaired) electrons. The zero-order valence-corrected chi connectivity index (χ0v) is 14.7. The van der Waals surface area contributed by atoms with Crippen LogP contribution >= 0.6 is 0 Å². The maximum absolute atomic E-state index is 12.9. The normalized spacial score (nSPS) is 16.7. The van der Waals surface area contributed by atoms with Gasteiger partial charge in [0.05, 0.1) is 12.7 Å². The summed E-state index contributed by atoms with van der Waals surface area (Å²) >= 11 is 0. The molecular formula is C18H26N2O4. The monoisotopic (exact) mass is 334 g/mol. The average Bonchev–Trinajstić information content (AvgIpc) is 3.07. The topological polar surface area (TPSA) is 59.1 Å². The highest BCUT2D eigenvalue weighted by Gasteiger charge is 2.25. The first kappa shape index (κ1) is 18.3. The second-order valence-electron chi connectivity index (χ2n) is 6.07. The lowest BCUT2D eigenvalue weighted by Crippen LogP contribution is -2.41. The van der Waals surface area contributed by atoms with Gasteiger partial charge >= 0.3 is 5.97 Å². The van der Waals surface area contributed by atoms with Crippen molar-refractivity contribution < 1.29 is 19.1 Å². The van der Waals surface area contributed by atoms with Gasteiger partial charge in [0.25, 0.3) is 5.91 Å². The first-order chi connectivity index (χ1) is 11.5. The van der Waals surface area contributed by atoms with Crippen molar-refractivity contribution in [3.8, 4) is 0 Å². The van der Waals surface area contributed by atoms with Crippen LogP contribution in [0.25, 0.3) is 0 Å². The van der Waals surface area contributed by atoms with Gasteiger partial charge in [0.15, 0.2) is 0 Å². The van der Waals surface area contributed by atoms with Crippen molar-refractivity contribution in [2.75, 3.05) is 45.3 Å². The van der Waals surface area contributed by atoms with Gasteiger partial charge in [0, 0.05) is 38.5 Å². The van der Waals surface area contributed by atoms with Crippen molar-refractivity contribution in [1.29, 1.82) is 0 Å². The van der Waals surface area contributed by atoms with E-state index in [1.165, 1.54) is 4.90 Å². The Balaban J connectivity index is 2.15. The molecule has 6 heteroatoms. The van der Waals surface area contributed by atoms with Crippen LogP contribution in [0.2, 0.25) is 0 Å². The van der Waals surface area contributed by atoms with Gasteiger partial charge in [-0.3, -0.25) is 9.59 Å². The fraction of sp³-hybridized carbons (Fsp3) is 0.556. The van der Waals surface area contributed by atoms with Gasteiger partial charge in [0.1, 0.15) is 6.54 Å². The van der Waals surface area contributed by atoms with E-state index in [1.54, 1.807) is 13.0 Å². The molecular weight excluding hydrogens is 308 g/mol. The highest BCUT2D eigenvalue weighted by Crippen LogP contribution is 2.18. The molecule has 1 saturated heterocycles. The summed E-state index contributed by atoms with van der Waals surface area (Å²) in [5, 5.41) is 0. The number of anilines is 1. The first-order valence-corrected chi connectivity index (χ1v) is 8.35. The maximum Gasteiger partial charge on any atom is 0.325 e. The summed E-state index contributed by atoms with van der Waals surface area (Å²) in [5.74, 6) is -0.574. The van der Waals surface area contributed by atoms with Crippen LogP contribution in [0.1, 0.15) is 30.1 Å². The summed E-state index contributed by atoms with van der Waals surface area (Å²) < 4.78 is 10.6. The van der Waals surface area contributed by atoms with E-state index in [-0.39, 0.29) is 18.6 Å². The molecule has 1 atom stereocenters. The molecule has 1 unspecified atom stereocenters. The fourth-order valence-corrected chi connectivity index (χ4v) is 2.72. The zero-order valence-electron chi connectivity index (χ0n) is 14.7. The van der Waals surface area contributed by atoms with Gasteiger partial charge in [-0.15, -0.1) is 0 Å². The Morgan fingerprint density at radius 3 is 2.75 bits per heavy atom. The summed E-state index contributed by atoms with van der Waals surface area (Å²) in [6.45, 7) is 3.12. The zero-order chi connectivity index (χ0) is 17.5. The Morgan fingerprint density at radius 1 is 1.33 bits per heavy atom. The van der Waals surface area contributed by atoms with Crippen molar-refractivity contribution >= 4 is 17.6 Å². The Labute approximate surface area is 143 Å². The molecule has 1 heterocycles. The smallest absolute Gasteiger partial charge is 0.325 e. The maximum atomic E-state index is 12.9. The van der Waals surface area contributed by atoms with Crippen LogP contribution in [0, 0.1) is 0 Å². The van der Waals surface area contributed by atoms with Gasteiger partial charge in [-0.25, -0.2) is 0 Å². The summed E-state index contributed by atoms with van der Waals surface area (Å²) in [7, 11) is 3.85. The number of hydrogen-bond donors (Lipinski definition) is 0. The van der Waals surface area contributed by atoms with E-state index in [2.05, 4.69) is 0 Å². The molecule has 1 aromatic rings. The van der Waals surface area contributed by atoms with E-state index >= 15 is 0 Å². The van der Waals surface area contributed by atoms with Crippen LogP contribution < -0.4 is 4.90 Å². The van der Waals surface area contributed by atoms with E-state index in [4.69, 9.17) is 9.47 Å². The molecule has 0 aromatic heterocycles. The second-order valence-corrected chi connectivity index (χ2v) is 6.07. The number of amides is 1. The first-order valence-electron chi connectivity index (χ1n) is 8.35. The summed E-state index contributed by atoms with van der Waals surface area (Å²) in [6, 6.07) is 7.38. The van der Waals surface area contributed by atoms with Crippen molar-refractivity contribution in [3.05, 3.63) is 29.8 Å². The minimum atomic E-state index is -0.396. The molecule has 24 heavy (non-hydrogen) atoms. The number of hydrogen-bond acceptors (Lipinski definition) is 5. The SMILES string of the molecule is CCOC(=O)CN(CC1CCCO1)C(=O)c1cccc(N(C)C)c1. The molecule has 1 fully saturated rings. The molecule has 132 valence electrons. The molecule has 1 aromatic carbocycles. The van der Waals surface area contributed by atoms with Crippen LogP contribution in [-0.4, -0.2) is 63.3 Å². The molecule has 0 saturated carbocycles. The number of benzene rings is 1. The third-order valence-electron chi connectivity index (χ3n) is 3.97. The minimum absolute atomic E-state index is 0.0135. The predicted octanol–water partition coefficient (Wildman–Crippen LogP) is 1.94. The molecule has 6 nitrogen and oxygen atoms in total. The summed E-state index contributed by atoms with van der Waals surface area (Å²) in [6.07, 6.45) is 1.88. The molecule has 0 spiro atoms. The van der Waals surface area contributed by atoms with Crippen LogP contribution in [0.4, 0.5) is 5.69 Å². The van der Waals surface area contributed by atoms with Gasteiger partial charge in [-0.1, -0.05) is 6.07 Å². The van der Waals surface area contributed by atoms with Crippen LogP contribution in [-0.2, 0) is 14.3 Å². The standard InChI is InChI=1S/C18H26N2O4/c1-4-23-17(21)13-20(12-16-9-6-10-24-16)18(22)14-7-5-8-15(11-14)19(2)3/h5,7-8,11,16H,4,6,9-10,12-13H2,1-3H3. The van der Waals surface area contributed by atoms with Crippen molar-refractivity contribution in [2.45, 2.75) is 25.9 Å². The number of ether oxygens (including phenoxy) is 2. The molecule has 0 bridgehead atoms. The Morgan fingerprint density at radius 2 is 2.12 bits per heavy atom. The van der Waals surface area contributed by atoms with Gasteiger partial charge < -0.3 is 19.3 Å². The number of nitrogens with zero attached hydrogens (tertiary/aromatic N) is 2. The molecule has 1 amide bonds. The molecule has 2 rings (SSSR count). The van der Waals surface area contributed by atoms with Crippen molar-refractivity contribution in [2.24, 2.45) is 0 Å². The predicted molar refractivity (Wildman–Crippen MR) is 92.3 cm³/mol. The van der Waals surface area contributed by atoms with E-state index in [0.29, 0.717) is 25.3 Å². The number of esters is 1. The van der Waals surface area contributed by atoms with Crippen molar-refractivity contribution in [3.63, 3.8) is 0 Å². The highest BCUT2D eigenvalue weighted by molar-refractivity contribution is 5.96. The lowest BCUT2D eigenvalue weighted by Gasteiger charge is -2.25. The van der Waals surface area contributed by atoms with E-state index in [9.17, 15) is 9.59 Å². The van der Waals surface area contributed by atoms with Crippen LogP contribution in [0.3, 0.4) is 0 Å². The molecule has 1 aliphatic heterocycles. The highest BCUT2D eigenvalue weighted by atomic mass is 16.5. The fourth-order valence-electron chi connectivity index (χ4n) is 2.72. The van der Waals surface area contributed by atoms with Crippen LogP contribution in [0.5, 0.6) is 0 Å². The average molecular weight is 334 g/mol. The van der Waals surface area contributed by atoms with Gasteiger partial charge in [-0.2, -0.15) is 0 Å². The Kier molecular flexibility index (Phi) is 6.61. The van der Waals surface area contributed by atoms with Crippen molar-refractivity contribution in [1.82, 2.24) is 4.90 Å². The lowest BCUT2D eigenvalue weighted by molar-refractivity contribution is -0.144. The van der Waals surface area contributed by atoms with Gasteiger partial charge in [-0.05, 0) is 38.0 Å². The lowest BCUT2D eigenvalue weighted by atomic mass is 10.1. The summed E-state index contributed by atoms with van der Waals surface area (Å²) in [5.41, 5.74) is 1.50. The van der Waals surface area contributed by atoms with E-state index in [1.807, 2.05) is 37.2 Å². The third-order valence-corrected chi connectivity index (χ3v) is 3.97. The van der Waals surface area contributed by atoms with Gasteiger partial charge in [0.2, 0.25) is 0 Å². The number of rotatable bonds is 7. The largest absolute Gasteiger partial charge is 0.465 e. The molecule has 0 N–H and O–H groups in total. The molecule has 0 aliphatic carbocycles. The summed E-state index contributed by atoms with van der Waals surface area (Å²) in [4.78, 5) is 28.2. The second kappa shape index (κ2) is 8.68. The Hall–Kier alpha value is -2.08. The molecule has 1 aliphatic rings. The van der Waals surface area contributed by atoms with Crippen LogP contribution in [0.15, 0.2) is 24.3 Å². The van der Waals surface area contributed by atoms with E-state index < -0.39 is 5.97 Å². The third kappa shape index (κ3) is 4.96. The minimum Gasteiger partial charge on any atom is -0.465 e. The number of carbonyl (C=O) groups excluding carboxylic acids is 2. The Bertz CT molecular complexity index is 568. The van der Waals surface area contributed by atoms with E-state index in [0.717, 1.165) is 18.5 Å². The number of carbonyl (C=O) groups is 2.